The van der Waals surface area contributed by atoms with Crippen LogP contribution in [0.1, 0.15) is 45.8 Å². The van der Waals surface area contributed by atoms with Crippen LogP contribution in [0.3, 0.4) is 0 Å². The van der Waals surface area contributed by atoms with E-state index in [1.54, 1.807) is 19.3 Å². The minimum atomic E-state index is -0.198. The van der Waals surface area contributed by atoms with Gasteiger partial charge in [-0.2, -0.15) is 0 Å². The molecule has 2 N–H and O–H groups in total. The second kappa shape index (κ2) is 5.88. The lowest BCUT2D eigenvalue weighted by Gasteiger charge is -2.13. The number of aryl methyl sites for hydroxylation is 2. The highest BCUT2D eigenvalue weighted by Crippen LogP contribution is 2.43. The average Bonchev–Trinajstić information content (AvgIpc) is 3.38. The molecule has 0 aliphatic heterocycles. The Hall–Kier alpha value is -2.89. The monoisotopic (exact) mass is 336 g/mol. The van der Waals surface area contributed by atoms with Gasteiger partial charge in [0.2, 0.25) is 5.88 Å². The molecule has 0 radical (unpaired) electrons. The van der Waals surface area contributed by atoms with Gasteiger partial charge in [0, 0.05) is 30.9 Å². The number of aromatic hydroxyl groups is 1. The first kappa shape index (κ1) is 15.6. The largest absolute Gasteiger partial charge is 0.493 e. The maximum absolute atomic E-state index is 12.5. The van der Waals surface area contributed by atoms with E-state index in [1.165, 1.54) is 24.6 Å². The van der Waals surface area contributed by atoms with Gasteiger partial charge in [0.25, 0.3) is 5.91 Å². The summed E-state index contributed by atoms with van der Waals surface area (Å²) in [4.78, 5) is 20.7. The SMILES string of the molecule is Cc1cc(C(=O)NCc2c(C3CC3)ccc3ncn(C)c23)cnc1O. The Morgan fingerprint density at radius 1 is 1.36 bits per heavy atom. The van der Waals surface area contributed by atoms with E-state index < -0.39 is 0 Å². The lowest BCUT2D eigenvalue weighted by Crippen LogP contribution is -2.24. The normalized spacial score (nSPS) is 14.0. The van der Waals surface area contributed by atoms with Crippen LogP contribution < -0.4 is 5.32 Å². The first-order chi connectivity index (χ1) is 12.0. The number of hydrogen-bond acceptors (Lipinski definition) is 4. The van der Waals surface area contributed by atoms with Gasteiger partial charge in [0.15, 0.2) is 0 Å². The highest BCUT2D eigenvalue weighted by molar-refractivity contribution is 5.94. The summed E-state index contributed by atoms with van der Waals surface area (Å²) in [5.41, 5.74) is 5.48. The fourth-order valence-electron chi connectivity index (χ4n) is 3.27. The average molecular weight is 336 g/mol. The highest BCUT2D eigenvalue weighted by Gasteiger charge is 2.27. The van der Waals surface area contributed by atoms with Crippen molar-refractivity contribution in [1.82, 2.24) is 19.9 Å². The van der Waals surface area contributed by atoms with Gasteiger partial charge < -0.3 is 15.0 Å². The Labute approximate surface area is 145 Å². The Balaban J connectivity index is 1.64. The molecule has 0 atom stereocenters. The zero-order valence-electron chi connectivity index (χ0n) is 14.3. The predicted octanol–water partition coefficient (Wildman–Crippen LogP) is 2.79. The number of pyridine rings is 1. The molecule has 1 fully saturated rings. The van der Waals surface area contributed by atoms with E-state index in [0.29, 0.717) is 23.6 Å². The summed E-state index contributed by atoms with van der Waals surface area (Å²) < 4.78 is 2.01. The van der Waals surface area contributed by atoms with Crippen molar-refractivity contribution < 1.29 is 9.90 Å². The zero-order chi connectivity index (χ0) is 17.6. The van der Waals surface area contributed by atoms with E-state index in [-0.39, 0.29) is 11.8 Å². The summed E-state index contributed by atoms with van der Waals surface area (Å²) in [6.07, 6.45) is 5.60. The van der Waals surface area contributed by atoms with E-state index in [0.717, 1.165) is 16.6 Å². The molecule has 1 amide bonds. The quantitative estimate of drug-likeness (QED) is 0.768. The molecule has 0 bridgehead atoms. The van der Waals surface area contributed by atoms with Crippen LogP contribution in [0.25, 0.3) is 11.0 Å². The first-order valence-electron chi connectivity index (χ1n) is 8.41. The van der Waals surface area contributed by atoms with Gasteiger partial charge in [-0.25, -0.2) is 9.97 Å². The summed E-state index contributed by atoms with van der Waals surface area (Å²) in [6, 6.07) is 5.84. The molecule has 3 aromatic rings. The smallest absolute Gasteiger partial charge is 0.253 e. The molecular weight excluding hydrogens is 316 g/mol. The van der Waals surface area contributed by atoms with E-state index in [9.17, 15) is 9.90 Å². The van der Waals surface area contributed by atoms with Crippen molar-refractivity contribution in [2.75, 3.05) is 0 Å². The summed E-state index contributed by atoms with van der Waals surface area (Å²) >= 11 is 0. The Bertz CT molecular complexity index is 973. The molecule has 0 saturated heterocycles. The summed E-state index contributed by atoms with van der Waals surface area (Å²) in [5, 5.41) is 12.5. The summed E-state index contributed by atoms with van der Waals surface area (Å²) in [6.45, 7) is 2.17. The van der Waals surface area contributed by atoms with Gasteiger partial charge in [-0.3, -0.25) is 4.79 Å². The minimum absolute atomic E-state index is 0.0489. The van der Waals surface area contributed by atoms with Crippen LogP contribution in [0.4, 0.5) is 0 Å². The number of rotatable bonds is 4. The van der Waals surface area contributed by atoms with Crippen molar-refractivity contribution in [1.29, 1.82) is 0 Å². The number of fused-ring (bicyclic) bond motifs is 1. The first-order valence-corrected chi connectivity index (χ1v) is 8.41. The van der Waals surface area contributed by atoms with Crippen molar-refractivity contribution in [2.24, 2.45) is 7.05 Å². The lowest BCUT2D eigenvalue weighted by atomic mass is 10.0. The van der Waals surface area contributed by atoms with Crippen LogP contribution in [0.2, 0.25) is 0 Å². The second-order valence-electron chi connectivity index (χ2n) is 6.68. The standard InChI is InChI=1S/C19H20N4O2/c1-11-7-13(8-20-18(11)24)19(25)21-9-15-14(12-3-4-12)5-6-16-17(15)23(2)10-22-16/h5-8,10,12H,3-4,9H2,1-2H3,(H,20,24)(H,21,25). The van der Waals surface area contributed by atoms with Gasteiger partial charge in [0.1, 0.15) is 0 Å². The van der Waals surface area contributed by atoms with Crippen LogP contribution in [0, 0.1) is 6.92 Å². The molecule has 128 valence electrons. The van der Waals surface area contributed by atoms with E-state index in [2.05, 4.69) is 27.4 Å². The molecule has 0 spiro atoms. The van der Waals surface area contributed by atoms with E-state index in [1.807, 2.05) is 11.6 Å². The third-order valence-electron chi connectivity index (χ3n) is 4.78. The van der Waals surface area contributed by atoms with Crippen molar-refractivity contribution in [3.05, 3.63) is 53.0 Å². The minimum Gasteiger partial charge on any atom is -0.493 e. The maximum Gasteiger partial charge on any atom is 0.253 e. The van der Waals surface area contributed by atoms with Gasteiger partial charge >= 0.3 is 0 Å². The summed E-state index contributed by atoms with van der Waals surface area (Å²) in [7, 11) is 1.98. The maximum atomic E-state index is 12.5. The molecule has 0 unspecified atom stereocenters. The fraction of sp³-hybridized carbons (Fsp3) is 0.316. The number of imidazole rings is 1. The molecule has 1 aliphatic carbocycles. The van der Waals surface area contributed by atoms with Crippen LogP contribution in [0.15, 0.2) is 30.7 Å². The Morgan fingerprint density at radius 2 is 2.16 bits per heavy atom. The van der Waals surface area contributed by atoms with Crippen molar-refractivity contribution in [2.45, 2.75) is 32.2 Å². The fourth-order valence-corrected chi connectivity index (χ4v) is 3.27. The third-order valence-corrected chi connectivity index (χ3v) is 4.78. The topological polar surface area (TPSA) is 80.0 Å². The molecule has 2 aromatic heterocycles. The molecule has 25 heavy (non-hydrogen) atoms. The number of aromatic nitrogens is 3. The van der Waals surface area contributed by atoms with Gasteiger partial charge in [-0.1, -0.05) is 6.07 Å². The second-order valence-corrected chi connectivity index (χ2v) is 6.68. The number of carbonyl (C=O) groups is 1. The number of hydrogen-bond donors (Lipinski definition) is 2. The number of benzene rings is 1. The van der Waals surface area contributed by atoms with Crippen LogP contribution in [-0.2, 0) is 13.6 Å². The lowest BCUT2D eigenvalue weighted by molar-refractivity contribution is 0.0950. The number of amides is 1. The van der Waals surface area contributed by atoms with Crippen molar-refractivity contribution in [3.8, 4) is 5.88 Å². The van der Waals surface area contributed by atoms with Crippen LogP contribution in [-0.4, -0.2) is 25.5 Å². The number of nitrogens with one attached hydrogen (secondary N) is 1. The predicted molar refractivity (Wildman–Crippen MR) is 94.5 cm³/mol. The zero-order valence-corrected chi connectivity index (χ0v) is 14.3. The molecule has 4 rings (SSSR count). The Morgan fingerprint density at radius 3 is 2.88 bits per heavy atom. The highest BCUT2D eigenvalue weighted by atomic mass is 16.3. The molecule has 6 nitrogen and oxygen atoms in total. The molecule has 2 heterocycles. The molecule has 1 aliphatic rings. The van der Waals surface area contributed by atoms with Crippen LogP contribution >= 0.6 is 0 Å². The van der Waals surface area contributed by atoms with E-state index >= 15 is 0 Å². The number of nitrogens with zero attached hydrogens (tertiary/aromatic N) is 3. The van der Waals surface area contributed by atoms with Crippen molar-refractivity contribution >= 4 is 16.9 Å². The number of carbonyl (C=O) groups excluding carboxylic acids is 1. The van der Waals surface area contributed by atoms with Gasteiger partial charge in [-0.15, -0.1) is 0 Å². The van der Waals surface area contributed by atoms with Crippen LogP contribution in [0.5, 0.6) is 5.88 Å². The third kappa shape index (κ3) is 2.84. The molecular formula is C19H20N4O2. The van der Waals surface area contributed by atoms with Gasteiger partial charge in [0.05, 0.1) is 22.9 Å². The molecule has 1 aromatic carbocycles. The summed E-state index contributed by atoms with van der Waals surface area (Å²) in [5.74, 6) is 0.340. The van der Waals surface area contributed by atoms with Crippen molar-refractivity contribution in [3.63, 3.8) is 0 Å². The van der Waals surface area contributed by atoms with E-state index in [4.69, 9.17) is 0 Å². The van der Waals surface area contributed by atoms with Gasteiger partial charge in [-0.05, 0) is 43.4 Å². The molecule has 1 saturated carbocycles. The molecule has 6 heteroatoms. The Kier molecular flexibility index (Phi) is 3.67.